The lowest BCUT2D eigenvalue weighted by Gasteiger charge is -2.38. The SMILES string of the molecule is CC1NCCN(C(=O)c2cc(Br)c3c(c2)OCCO3)C1C. The van der Waals surface area contributed by atoms with E-state index in [-0.39, 0.29) is 11.9 Å². The van der Waals surface area contributed by atoms with Crippen LogP contribution in [-0.4, -0.2) is 49.2 Å². The van der Waals surface area contributed by atoms with Crippen molar-refractivity contribution in [3.63, 3.8) is 0 Å². The van der Waals surface area contributed by atoms with E-state index in [4.69, 9.17) is 9.47 Å². The van der Waals surface area contributed by atoms with Gasteiger partial charge < -0.3 is 19.7 Å². The highest BCUT2D eigenvalue weighted by Crippen LogP contribution is 2.38. The molecule has 6 heteroatoms. The Hall–Kier alpha value is -1.27. The third kappa shape index (κ3) is 2.74. The van der Waals surface area contributed by atoms with Crippen molar-refractivity contribution in [3.8, 4) is 11.5 Å². The molecule has 5 nitrogen and oxygen atoms in total. The van der Waals surface area contributed by atoms with E-state index in [9.17, 15) is 4.79 Å². The Labute approximate surface area is 132 Å². The zero-order valence-corrected chi connectivity index (χ0v) is 13.8. The van der Waals surface area contributed by atoms with Crippen LogP contribution in [0.3, 0.4) is 0 Å². The lowest BCUT2D eigenvalue weighted by molar-refractivity contribution is 0.0602. The Balaban J connectivity index is 1.89. The molecule has 21 heavy (non-hydrogen) atoms. The zero-order valence-electron chi connectivity index (χ0n) is 12.2. The standard InChI is InChI=1S/C15H19BrN2O3/c1-9-10(2)18(4-3-17-9)15(19)11-7-12(16)14-13(8-11)20-5-6-21-14/h7-10,17H,3-6H2,1-2H3. The molecule has 3 rings (SSSR count). The molecule has 0 bridgehead atoms. The van der Waals surface area contributed by atoms with E-state index in [0.29, 0.717) is 36.3 Å². The largest absolute Gasteiger partial charge is 0.486 e. The maximum atomic E-state index is 12.8. The van der Waals surface area contributed by atoms with Crippen molar-refractivity contribution in [1.82, 2.24) is 10.2 Å². The molecule has 0 spiro atoms. The monoisotopic (exact) mass is 354 g/mol. The van der Waals surface area contributed by atoms with Crippen molar-refractivity contribution in [2.24, 2.45) is 0 Å². The molecule has 1 fully saturated rings. The summed E-state index contributed by atoms with van der Waals surface area (Å²) < 4.78 is 11.9. The maximum Gasteiger partial charge on any atom is 0.254 e. The van der Waals surface area contributed by atoms with Gasteiger partial charge in [-0.15, -0.1) is 0 Å². The van der Waals surface area contributed by atoms with Crippen LogP contribution in [0.5, 0.6) is 11.5 Å². The van der Waals surface area contributed by atoms with Crippen LogP contribution in [0.4, 0.5) is 0 Å². The molecule has 0 saturated carbocycles. The number of halogens is 1. The van der Waals surface area contributed by atoms with Gasteiger partial charge in [0.05, 0.1) is 4.47 Å². The molecule has 2 atom stereocenters. The Bertz CT molecular complexity index is 564. The summed E-state index contributed by atoms with van der Waals surface area (Å²) >= 11 is 3.46. The summed E-state index contributed by atoms with van der Waals surface area (Å²) in [6.07, 6.45) is 0. The molecule has 1 aromatic rings. The van der Waals surface area contributed by atoms with E-state index in [0.717, 1.165) is 17.6 Å². The van der Waals surface area contributed by atoms with Gasteiger partial charge in [-0.2, -0.15) is 0 Å². The Morgan fingerprint density at radius 3 is 2.90 bits per heavy atom. The highest BCUT2D eigenvalue weighted by Gasteiger charge is 2.30. The molecule has 0 radical (unpaired) electrons. The number of fused-ring (bicyclic) bond motifs is 1. The van der Waals surface area contributed by atoms with Gasteiger partial charge in [-0.1, -0.05) is 0 Å². The molecule has 0 aliphatic carbocycles. The van der Waals surface area contributed by atoms with Crippen LogP contribution in [0.15, 0.2) is 16.6 Å². The number of benzene rings is 1. The number of carbonyl (C=O) groups is 1. The minimum absolute atomic E-state index is 0.0357. The molecule has 1 amide bonds. The van der Waals surface area contributed by atoms with Crippen molar-refractivity contribution in [1.29, 1.82) is 0 Å². The summed E-state index contributed by atoms with van der Waals surface area (Å²) in [6.45, 7) is 6.76. The summed E-state index contributed by atoms with van der Waals surface area (Å²) in [5.41, 5.74) is 0.632. The van der Waals surface area contributed by atoms with E-state index >= 15 is 0 Å². The van der Waals surface area contributed by atoms with E-state index in [2.05, 4.69) is 35.1 Å². The first kappa shape index (κ1) is 14.7. The van der Waals surface area contributed by atoms with E-state index in [1.807, 2.05) is 11.0 Å². The van der Waals surface area contributed by atoms with Crippen molar-refractivity contribution in [2.75, 3.05) is 26.3 Å². The van der Waals surface area contributed by atoms with Crippen LogP contribution < -0.4 is 14.8 Å². The first-order valence-corrected chi connectivity index (χ1v) is 8.00. The number of piperazine rings is 1. The van der Waals surface area contributed by atoms with Gasteiger partial charge in [-0.3, -0.25) is 4.79 Å². The van der Waals surface area contributed by atoms with Gasteiger partial charge in [0.2, 0.25) is 0 Å². The summed E-state index contributed by atoms with van der Waals surface area (Å²) in [7, 11) is 0. The summed E-state index contributed by atoms with van der Waals surface area (Å²) in [5.74, 6) is 1.35. The number of ether oxygens (including phenoxy) is 2. The van der Waals surface area contributed by atoms with Gasteiger partial charge in [0.1, 0.15) is 13.2 Å². The fourth-order valence-electron chi connectivity index (χ4n) is 2.74. The Kier molecular flexibility index (Phi) is 4.08. The minimum Gasteiger partial charge on any atom is -0.486 e. The highest BCUT2D eigenvalue weighted by molar-refractivity contribution is 9.10. The number of nitrogens with one attached hydrogen (secondary N) is 1. The summed E-state index contributed by atoms with van der Waals surface area (Å²) in [5, 5.41) is 3.38. The van der Waals surface area contributed by atoms with Crippen LogP contribution in [0.1, 0.15) is 24.2 Å². The second-order valence-electron chi connectivity index (χ2n) is 5.46. The summed E-state index contributed by atoms with van der Waals surface area (Å²) in [6, 6.07) is 4.05. The molecular weight excluding hydrogens is 336 g/mol. The van der Waals surface area contributed by atoms with Crippen LogP contribution in [0.25, 0.3) is 0 Å². The van der Waals surface area contributed by atoms with Gasteiger partial charge in [-0.05, 0) is 41.9 Å². The molecule has 1 saturated heterocycles. The third-order valence-corrected chi connectivity index (χ3v) is 4.73. The molecular formula is C15H19BrN2O3. The molecule has 1 aromatic carbocycles. The average molecular weight is 355 g/mol. The normalized spacial score (nSPS) is 24.8. The highest BCUT2D eigenvalue weighted by atomic mass is 79.9. The number of nitrogens with zero attached hydrogens (tertiary/aromatic N) is 1. The van der Waals surface area contributed by atoms with Crippen molar-refractivity contribution >= 4 is 21.8 Å². The lowest BCUT2D eigenvalue weighted by Crippen LogP contribution is -2.57. The Morgan fingerprint density at radius 2 is 2.10 bits per heavy atom. The molecule has 2 unspecified atom stereocenters. The van der Waals surface area contributed by atoms with Crippen molar-refractivity contribution in [3.05, 3.63) is 22.2 Å². The van der Waals surface area contributed by atoms with Crippen molar-refractivity contribution < 1.29 is 14.3 Å². The van der Waals surface area contributed by atoms with Gasteiger partial charge in [-0.25, -0.2) is 0 Å². The van der Waals surface area contributed by atoms with Gasteiger partial charge in [0, 0.05) is 30.7 Å². The maximum absolute atomic E-state index is 12.8. The van der Waals surface area contributed by atoms with Crippen LogP contribution in [0, 0.1) is 0 Å². The predicted octanol–water partition coefficient (Wildman–Crippen LogP) is 2.04. The lowest BCUT2D eigenvalue weighted by atomic mass is 10.0. The first-order chi connectivity index (χ1) is 10.1. The number of hydrogen-bond acceptors (Lipinski definition) is 4. The predicted molar refractivity (Wildman–Crippen MR) is 83.1 cm³/mol. The number of amides is 1. The minimum atomic E-state index is 0.0357. The molecule has 0 aromatic heterocycles. The molecule has 2 aliphatic rings. The summed E-state index contributed by atoms with van der Waals surface area (Å²) in [4.78, 5) is 14.7. The number of hydrogen-bond donors (Lipinski definition) is 1. The second-order valence-corrected chi connectivity index (χ2v) is 6.32. The van der Waals surface area contributed by atoms with E-state index in [1.54, 1.807) is 6.07 Å². The van der Waals surface area contributed by atoms with Crippen LogP contribution >= 0.6 is 15.9 Å². The van der Waals surface area contributed by atoms with E-state index in [1.165, 1.54) is 0 Å². The smallest absolute Gasteiger partial charge is 0.254 e. The number of carbonyl (C=O) groups excluding carboxylic acids is 1. The zero-order chi connectivity index (χ0) is 15.0. The molecule has 114 valence electrons. The van der Waals surface area contributed by atoms with Gasteiger partial charge in [0.15, 0.2) is 11.5 Å². The van der Waals surface area contributed by atoms with E-state index < -0.39 is 0 Å². The topological polar surface area (TPSA) is 50.8 Å². The fraction of sp³-hybridized carbons (Fsp3) is 0.533. The molecule has 2 heterocycles. The van der Waals surface area contributed by atoms with Gasteiger partial charge >= 0.3 is 0 Å². The second kappa shape index (κ2) is 5.85. The molecule has 2 aliphatic heterocycles. The third-order valence-electron chi connectivity index (χ3n) is 4.14. The Morgan fingerprint density at radius 1 is 1.33 bits per heavy atom. The quantitative estimate of drug-likeness (QED) is 0.838. The average Bonchev–Trinajstić information content (AvgIpc) is 2.49. The molecule has 1 N–H and O–H groups in total. The van der Waals surface area contributed by atoms with Crippen molar-refractivity contribution in [2.45, 2.75) is 25.9 Å². The fourth-order valence-corrected chi connectivity index (χ4v) is 3.30. The first-order valence-electron chi connectivity index (χ1n) is 7.21. The van der Waals surface area contributed by atoms with Crippen LogP contribution in [-0.2, 0) is 0 Å². The van der Waals surface area contributed by atoms with Gasteiger partial charge in [0.25, 0.3) is 5.91 Å². The number of rotatable bonds is 1. The van der Waals surface area contributed by atoms with Crippen LogP contribution in [0.2, 0.25) is 0 Å².